The smallest absolute Gasteiger partial charge is 0.304 e. The number of amides is 1. The third-order valence-electron chi connectivity index (χ3n) is 8.38. The van der Waals surface area contributed by atoms with Crippen LogP contribution in [0.2, 0.25) is 0 Å². The van der Waals surface area contributed by atoms with Crippen molar-refractivity contribution in [3.8, 4) is 0 Å². The Hall–Kier alpha value is -4.41. The number of hydrogen-bond donors (Lipinski definition) is 0. The molecule has 1 aliphatic rings. The lowest BCUT2D eigenvalue weighted by molar-refractivity contribution is -0.137. The number of halogens is 3. The number of ketones is 1. The normalized spacial score (nSPS) is 14.3. The first-order valence-electron chi connectivity index (χ1n) is 15.4. The van der Waals surface area contributed by atoms with E-state index in [4.69, 9.17) is 0 Å². The molecule has 5 rings (SSSR count). The molecule has 10 heteroatoms. The van der Waals surface area contributed by atoms with Crippen molar-refractivity contribution >= 4 is 17.5 Å². The van der Waals surface area contributed by atoms with E-state index < -0.39 is 17.5 Å². The van der Waals surface area contributed by atoms with Crippen LogP contribution in [-0.4, -0.2) is 77.8 Å². The molecule has 0 N–H and O–H groups in total. The number of piperazine rings is 1. The molecular weight excluding hydrogens is 591 g/mol. The molecule has 0 atom stereocenters. The van der Waals surface area contributed by atoms with Crippen molar-refractivity contribution in [2.45, 2.75) is 32.4 Å². The maximum Gasteiger partial charge on any atom is 0.416 e. The van der Waals surface area contributed by atoms with Gasteiger partial charge in [-0.05, 0) is 48.4 Å². The van der Waals surface area contributed by atoms with Gasteiger partial charge in [0.2, 0.25) is 5.91 Å². The lowest BCUT2D eigenvalue weighted by atomic mass is 9.96. The van der Waals surface area contributed by atoms with E-state index in [9.17, 15) is 22.8 Å². The molecule has 0 bridgehead atoms. The average Bonchev–Trinajstić information content (AvgIpc) is 3.04. The number of Topliss-reactive ketones (excluding diaryl/α,β-unsaturated/α-hetero) is 1. The highest BCUT2D eigenvalue weighted by Gasteiger charge is 2.31. The lowest BCUT2D eigenvalue weighted by Gasteiger charge is -2.33. The summed E-state index contributed by atoms with van der Waals surface area (Å²) in [7, 11) is 2.10. The molecule has 1 amide bonds. The zero-order valence-corrected chi connectivity index (χ0v) is 26.1. The van der Waals surface area contributed by atoms with Crippen molar-refractivity contribution in [1.82, 2.24) is 19.8 Å². The number of benzene rings is 3. The van der Waals surface area contributed by atoms with Crippen LogP contribution in [0.25, 0.3) is 0 Å². The number of rotatable bonds is 11. The SMILES string of the molecule is Cc1ccc(CC(=O)c2cccc(C(F)(F)F)c2)cc1CC(=O)N(CCN1CCN(C)CC1)c1cc(Cc2ccccc2)ncn1. The lowest BCUT2D eigenvalue weighted by Crippen LogP contribution is -2.48. The van der Waals surface area contributed by atoms with Crippen molar-refractivity contribution in [2.75, 3.05) is 51.2 Å². The van der Waals surface area contributed by atoms with Crippen molar-refractivity contribution in [1.29, 1.82) is 0 Å². The molecular formula is C36H38F3N5O2. The van der Waals surface area contributed by atoms with E-state index in [0.29, 0.717) is 30.9 Å². The van der Waals surface area contributed by atoms with E-state index in [0.717, 1.165) is 60.7 Å². The predicted octanol–water partition coefficient (Wildman–Crippen LogP) is 5.64. The highest BCUT2D eigenvalue weighted by atomic mass is 19.4. The first-order valence-corrected chi connectivity index (χ1v) is 15.4. The van der Waals surface area contributed by atoms with Crippen molar-refractivity contribution in [3.63, 3.8) is 0 Å². The molecule has 3 aromatic carbocycles. The zero-order chi connectivity index (χ0) is 32.7. The summed E-state index contributed by atoms with van der Waals surface area (Å²) in [6.45, 7) is 6.82. The number of likely N-dealkylation sites (N-methyl/N-ethyl adjacent to an activating group) is 1. The van der Waals surface area contributed by atoms with Crippen LogP contribution in [0.3, 0.4) is 0 Å². The molecule has 1 aliphatic heterocycles. The van der Waals surface area contributed by atoms with Gasteiger partial charge >= 0.3 is 6.18 Å². The summed E-state index contributed by atoms with van der Waals surface area (Å²) in [6, 6.07) is 21.7. The summed E-state index contributed by atoms with van der Waals surface area (Å²) in [4.78, 5) is 42.3. The van der Waals surface area contributed by atoms with Gasteiger partial charge in [-0.3, -0.25) is 19.4 Å². The van der Waals surface area contributed by atoms with E-state index in [1.54, 1.807) is 17.0 Å². The zero-order valence-electron chi connectivity index (χ0n) is 26.1. The van der Waals surface area contributed by atoms with Gasteiger partial charge in [0, 0.05) is 63.7 Å². The summed E-state index contributed by atoms with van der Waals surface area (Å²) in [6.07, 6.45) is -2.42. The van der Waals surface area contributed by atoms with Crippen LogP contribution in [-0.2, 0) is 30.2 Å². The summed E-state index contributed by atoms with van der Waals surface area (Å²) >= 11 is 0. The molecule has 7 nitrogen and oxygen atoms in total. The van der Waals surface area contributed by atoms with Gasteiger partial charge in [0.05, 0.1) is 17.7 Å². The number of anilines is 1. The second-order valence-electron chi connectivity index (χ2n) is 11.8. The monoisotopic (exact) mass is 629 g/mol. The Bertz CT molecular complexity index is 1650. The molecule has 4 aromatic rings. The molecule has 1 fully saturated rings. The van der Waals surface area contributed by atoms with E-state index in [-0.39, 0.29) is 24.3 Å². The number of aromatic nitrogens is 2. The summed E-state index contributed by atoms with van der Waals surface area (Å²) in [5, 5.41) is 0. The Morgan fingerprint density at radius 1 is 0.848 bits per heavy atom. The quantitative estimate of drug-likeness (QED) is 0.200. The topological polar surface area (TPSA) is 69.6 Å². The molecule has 0 radical (unpaired) electrons. The van der Waals surface area contributed by atoms with Crippen LogP contribution in [0.15, 0.2) is 85.2 Å². The third kappa shape index (κ3) is 8.86. The van der Waals surface area contributed by atoms with Gasteiger partial charge in [-0.15, -0.1) is 0 Å². The number of carbonyl (C=O) groups excluding carboxylic acids is 2. The Morgan fingerprint density at radius 2 is 1.61 bits per heavy atom. The molecule has 240 valence electrons. The van der Waals surface area contributed by atoms with E-state index in [1.807, 2.05) is 49.4 Å². The Kier molecular flexibility index (Phi) is 10.6. The standard InChI is InChI=1S/C36H38F3N5O2/c1-26-11-12-28(21-33(45)29-9-6-10-31(22-29)36(37,38)39)19-30(26)23-35(46)44(18-17-43-15-13-42(2)14-16-43)34-24-32(40-25-41-34)20-27-7-4-3-5-8-27/h3-12,19,22,24-25H,13-18,20-21,23H2,1-2H3. The molecule has 1 aromatic heterocycles. The second kappa shape index (κ2) is 14.8. The number of hydrogen-bond acceptors (Lipinski definition) is 6. The van der Waals surface area contributed by atoms with Gasteiger partial charge in [-0.2, -0.15) is 13.2 Å². The van der Waals surface area contributed by atoms with E-state index in [2.05, 4.69) is 26.8 Å². The fourth-order valence-corrected chi connectivity index (χ4v) is 5.55. The Balaban J connectivity index is 1.34. The minimum absolute atomic E-state index is 0.00169. The molecule has 2 heterocycles. The first-order chi connectivity index (χ1) is 22.0. The first kappa shape index (κ1) is 33.0. The Labute approximate surface area is 267 Å². The molecule has 1 saturated heterocycles. The van der Waals surface area contributed by atoms with Crippen LogP contribution in [0, 0.1) is 6.92 Å². The predicted molar refractivity (Wildman–Crippen MR) is 172 cm³/mol. The van der Waals surface area contributed by atoms with Crippen molar-refractivity contribution in [2.24, 2.45) is 0 Å². The van der Waals surface area contributed by atoms with Crippen molar-refractivity contribution < 1.29 is 22.8 Å². The minimum atomic E-state index is -4.53. The third-order valence-corrected chi connectivity index (χ3v) is 8.38. The van der Waals surface area contributed by atoms with Gasteiger partial charge in [0.1, 0.15) is 12.1 Å². The van der Waals surface area contributed by atoms with Crippen LogP contribution in [0.5, 0.6) is 0 Å². The van der Waals surface area contributed by atoms with Gasteiger partial charge < -0.3 is 4.90 Å². The van der Waals surface area contributed by atoms with Crippen LogP contribution in [0.1, 0.15) is 43.9 Å². The number of alkyl halides is 3. The van der Waals surface area contributed by atoms with Gasteiger partial charge in [-0.1, -0.05) is 60.7 Å². The minimum Gasteiger partial charge on any atom is -0.304 e. The largest absolute Gasteiger partial charge is 0.416 e. The molecule has 0 saturated carbocycles. The van der Waals surface area contributed by atoms with Crippen LogP contribution >= 0.6 is 0 Å². The Morgan fingerprint density at radius 3 is 2.35 bits per heavy atom. The number of nitrogens with zero attached hydrogens (tertiary/aromatic N) is 5. The van der Waals surface area contributed by atoms with E-state index in [1.165, 1.54) is 18.5 Å². The van der Waals surface area contributed by atoms with Crippen LogP contribution < -0.4 is 4.90 Å². The fraction of sp³-hybridized carbons (Fsp3) is 0.333. The number of aryl methyl sites for hydroxylation is 1. The highest BCUT2D eigenvalue weighted by Crippen LogP contribution is 2.30. The maximum atomic E-state index is 14.0. The van der Waals surface area contributed by atoms with Crippen LogP contribution in [0.4, 0.5) is 19.0 Å². The summed E-state index contributed by atoms with van der Waals surface area (Å²) in [5.74, 6) is -0.0236. The van der Waals surface area contributed by atoms with E-state index >= 15 is 0 Å². The second-order valence-corrected chi connectivity index (χ2v) is 11.8. The fourth-order valence-electron chi connectivity index (χ4n) is 5.55. The average molecular weight is 630 g/mol. The molecule has 0 unspecified atom stereocenters. The maximum absolute atomic E-state index is 14.0. The molecule has 0 aliphatic carbocycles. The number of carbonyl (C=O) groups is 2. The highest BCUT2D eigenvalue weighted by molar-refractivity contribution is 5.98. The van der Waals surface area contributed by atoms with Gasteiger partial charge in [-0.25, -0.2) is 9.97 Å². The summed E-state index contributed by atoms with van der Waals surface area (Å²) in [5.41, 5.74) is 3.32. The molecule has 46 heavy (non-hydrogen) atoms. The summed E-state index contributed by atoms with van der Waals surface area (Å²) < 4.78 is 39.6. The van der Waals surface area contributed by atoms with Gasteiger partial charge in [0.15, 0.2) is 5.78 Å². The van der Waals surface area contributed by atoms with Gasteiger partial charge in [0.25, 0.3) is 0 Å². The van der Waals surface area contributed by atoms with Crippen molar-refractivity contribution in [3.05, 3.63) is 124 Å². The molecule has 0 spiro atoms.